The maximum Gasteiger partial charge on any atom is 0.264 e. The van der Waals surface area contributed by atoms with Crippen LogP contribution in [0.1, 0.15) is 35.3 Å². The number of nitrogens with one attached hydrogen (secondary N) is 1. The van der Waals surface area contributed by atoms with E-state index in [2.05, 4.69) is 5.32 Å². The second-order valence-corrected chi connectivity index (χ2v) is 10.0. The number of fused-ring (bicyclic) bond motifs is 1. The van der Waals surface area contributed by atoms with Crippen LogP contribution in [-0.2, 0) is 23.0 Å². The minimum Gasteiger partial charge on any atom is -0.493 e. The van der Waals surface area contributed by atoms with Gasteiger partial charge in [0.2, 0.25) is 0 Å². The molecule has 8 heteroatoms. The molecule has 0 fully saturated rings. The molecule has 1 aliphatic heterocycles. The molecule has 0 atom stereocenters. The molecule has 0 aromatic heterocycles. The van der Waals surface area contributed by atoms with Crippen LogP contribution in [0.4, 0.5) is 10.1 Å². The standard InChI is InChI=1S/C25H25FN2O4S/c1-17(2)27-25(29)22-15-20(8-10-23(22)26)28(16-18-6-4-3-5-7-18)33(30,31)21-9-11-24-19(14-21)12-13-32-24/h3-11,14-15,17H,12-13,16H2,1-2H3,(H,27,29). The van der Waals surface area contributed by atoms with Crippen LogP contribution in [-0.4, -0.2) is 27.0 Å². The van der Waals surface area contributed by atoms with E-state index in [9.17, 15) is 17.6 Å². The number of sulfonamides is 1. The lowest BCUT2D eigenvalue weighted by Crippen LogP contribution is -2.33. The molecule has 0 aliphatic carbocycles. The van der Waals surface area contributed by atoms with Crippen molar-refractivity contribution < 1.29 is 22.3 Å². The molecular formula is C25H25FN2O4S. The highest BCUT2D eigenvalue weighted by molar-refractivity contribution is 7.92. The first kappa shape index (κ1) is 22.8. The van der Waals surface area contributed by atoms with Crippen LogP contribution in [0.5, 0.6) is 5.75 Å². The Morgan fingerprint density at radius 1 is 1.09 bits per heavy atom. The molecule has 0 unspecified atom stereocenters. The highest BCUT2D eigenvalue weighted by Gasteiger charge is 2.28. The zero-order chi connectivity index (χ0) is 23.6. The topological polar surface area (TPSA) is 75.7 Å². The van der Waals surface area contributed by atoms with Gasteiger partial charge in [0, 0.05) is 12.5 Å². The van der Waals surface area contributed by atoms with Gasteiger partial charge in [-0.25, -0.2) is 12.8 Å². The monoisotopic (exact) mass is 468 g/mol. The summed E-state index contributed by atoms with van der Waals surface area (Å²) in [6.45, 7) is 4.07. The summed E-state index contributed by atoms with van der Waals surface area (Å²) in [5.41, 5.74) is 1.57. The smallest absolute Gasteiger partial charge is 0.264 e. The summed E-state index contributed by atoms with van der Waals surface area (Å²) in [4.78, 5) is 12.6. The predicted molar refractivity (Wildman–Crippen MR) is 124 cm³/mol. The summed E-state index contributed by atoms with van der Waals surface area (Å²) in [7, 11) is -4.03. The van der Waals surface area contributed by atoms with Crippen LogP contribution in [0.25, 0.3) is 0 Å². The van der Waals surface area contributed by atoms with Gasteiger partial charge in [0.15, 0.2) is 0 Å². The molecule has 172 valence electrons. The van der Waals surface area contributed by atoms with Crippen molar-refractivity contribution in [1.29, 1.82) is 0 Å². The molecular weight excluding hydrogens is 443 g/mol. The molecule has 1 amide bonds. The van der Waals surface area contributed by atoms with Gasteiger partial charge in [-0.2, -0.15) is 0 Å². The van der Waals surface area contributed by atoms with Gasteiger partial charge in [0.25, 0.3) is 15.9 Å². The molecule has 3 aromatic carbocycles. The van der Waals surface area contributed by atoms with Gasteiger partial charge in [0.05, 0.1) is 29.3 Å². The quantitative estimate of drug-likeness (QED) is 0.561. The largest absolute Gasteiger partial charge is 0.493 e. The third kappa shape index (κ3) is 4.85. The fourth-order valence-corrected chi connectivity index (χ4v) is 5.19. The lowest BCUT2D eigenvalue weighted by Gasteiger charge is -2.25. The Labute approximate surface area is 193 Å². The fourth-order valence-electron chi connectivity index (χ4n) is 3.70. The van der Waals surface area contributed by atoms with E-state index in [1.165, 1.54) is 22.5 Å². The lowest BCUT2D eigenvalue weighted by molar-refractivity contribution is 0.0939. The van der Waals surface area contributed by atoms with Gasteiger partial charge in [-0.1, -0.05) is 30.3 Å². The summed E-state index contributed by atoms with van der Waals surface area (Å²) < 4.78 is 48.7. The van der Waals surface area contributed by atoms with E-state index in [0.717, 1.165) is 17.2 Å². The molecule has 0 spiro atoms. The average molecular weight is 469 g/mol. The molecule has 0 bridgehead atoms. The summed E-state index contributed by atoms with van der Waals surface area (Å²) in [5, 5.41) is 2.65. The molecule has 1 aliphatic rings. The maximum absolute atomic E-state index is 14.5. The van der Waals surface area contributed by atoms with Crippen molar-refractivity contribution in [1.82, 2.24) is 5.32 Å². The van der Waals surface area contributed by atoms with Crippen LogP contribution in [0.3, 0.4) is 0 Å². The molecule has 0 radical (unpaired) electrons. The third-order valence-corrected chi connectivity index (χ3v) is 7.09. The number of ether oxygens (including phenoxy) is 1. The molecule has 33 heavy (non-hydrogen) atoms. The first-order valence-corrected chi connectivity index (χ1v) is 12.1. The van der Waals surface area contributed by atoms with E-state index in [1.807, 2.05) is 30.3 Å². The number of nitrogens with zero attached hydrogens (tertiary/aromatic N) is 1. The summed E-state index contributed by atoms with van der Waals surface area (Å²) in [5.74, 6) is -0.641. The molecule has 4 rings (SSSR count). The van der Waals surface area contributed by atoms with E-state index in [0.29, 0.717) is 18.8 Å². The number of hydrogen-bond acceptors (Lipinski definition) is 4. The number of anilines is 1. The number of hydrogen-bond donors (Lipinski definition) is 1. The number of halogens is 1. The molecule has 0 saturated carbocycles. The number of rotatable bonds is 7. The van der Waals surface area contributed by atoms with Crippen molar-refractivity contribution >= 4 is 21.6 Å². The Bertz CT molecular complexity index is 1280. The number of carbonyl (C=O) groups is 1. The van der Waals surface area contributed by atoms with Crippen molar-refractivity contribution in [3.63, 3.8) is 0 Å². The number of benzene rings is 3. The second kappa shape index (κ2) is 9.23. The number of carbonyl (C=O) groups excluding carboxylic acids is 1. The Hall–Kier alpha value is -3.39. The first-order chi connectivity index (χ1) is 15.8. The highest BCUT2D eigenvalue weighted by Crippen LogP contribution is 2.32. The second-order valence-electron chi connectivity index (χ2n) is 8.16. The summed E-state index contributed by atoms with van der Waals surface area (Å²) in [6.07, 6.45) is 0.632. The summed E-state index contributed by atoms with van der Waals surface area (Å²) >= 11 is 0. The van der Waals surface area contributed by atoms with Crippen LogP contribution < -0.4 is 14.4 Å². The van der Waals surface area contributed by atoms with Crippen LogP contribution in [0, 0.1) is 5.82 Å². The van der Waals surface area contributed by atoms with E-state index >= 15 is 0 Å². The SMILES string of the molecule is CC(C)NC(=O)c1cc(N(Cc2ccccc2)S(=O)(=O)c2ccc3c(c2)CCO3)ccc1F. The van der Waals surface area contributed by atoms with Gasteiger partial charge < -0.3 is 10.1 Å². The van der Waals surface area contributed by atoms with E-state index in [-0.39, 0.29) is 28.7 Å². The van der Waals surface area contributed by atoms with Crippen molar-refractivity contribution in [2.75, 3.05) is 10.9 Å². The van der Waals surface area contributed by atoms with E-state index in [4.69, 9.17) is 4.74 Å². The zero-order valence-corrected chi connectivity index (χ0v) is 19.2. The van der Waals surface area contributed by atoms with Gasteiger partial charge >= 0.3 is 0 Å². The molecule has 1 N–H and O–H groups in total. The minimum atomic E-state index is -4.03. The van der Waals surface area contributed by atoms with E-state index in [1.54, 1.807) is 26.0 Å². The average Bonchev–Trinajstić information content (AvgIpc) is 3.26. The normalized spacial score (nSPS) is 12.8. The molecule has 6 nitrogen and oxygen atoms in total. The van der Waals surface area contributed by atoms with Gasteiger partial charge in [-0.05, 0) is 61.4 Å². The zero-order valence-electron chi connectivity index (χ0n) is 18.4. The Kier molecular flexibility index (Phi) is 6.37. The van der Waals surface area contributed by atoms with Gasteiger partial charge in [-0.3, -0.25) is 9.10 Å². The molecule has 0 saturated heterocycles. The van der Waals surface area contributed by atoms with Crippen molar-refractivity contribution in [3.05, 3.63) is 89.2 Å². The molecule has 3 aromatic rings. The van der Waals surface area contributed by atoms with Gasteiger partial charge in [0.1, 0.15) is 11.6 Å². The van der Waals surface area contributed by atoms with Crippen LogP contribution in [0.2, 0.25) is 0 Å². The van der Waals surface area contributed by atoms with Crippen molar-refractivity contribution in [2.24, 2.45) is 0 Å². The van der Waals surface area contributed by atoms with Crippen molar-refractivity contribution in [2.45, 2.75) is 37.8 Å². The van der Waals surface area contributed by atoms with Gasteiger partial charge in [-0.15, -0.1) is 0 Å². The first-order valence-electron chi connectivity index (χ1n) is 10.7. The Morgan fingerprint density at radius 2 is 1.85 bits per heavy atom. The maximum atomic E-state index is 14.5. The highest BCUT2D eigenvalue weighted by atomic mass is 32.2. The Balaban J connectivity index is 1.80. The van der Waals surface area contributed by atoms with Crippen LogP contribution >= 0.6 is 0 Å². The summed E-state index contributed by atoms with van der Waals surface area (Å²) in [6, 6.07) is 17.5. The minimum absolute atomic E-state index is 0.0215. The fraction of sp³-hybridized carbons (Fsp3) is 0.240. The molecule has 1 heterocycles. The van der Waals surface area contributed by atoms with Crippen molar-refractivity contribution in [3.8, 4) is 5.75 Å². The predicted octanol–water partition coefficient (Wildman–Crippen LogP) is 4.29. The Morgan fingerprint density at radius 3 is 2.58 bits per heavy atom. The number of amides is 1. The lowest BCUT2D eigenvalue weighted by atomic mass is 10.1. The van der Waals surface area contributed by atoms with Crippen LogP contribution in [0.15, 0.2) is 71.6 Å². The third-order valence-electron chi connectivity index (χ3n) is 5.32. The van der Waals surface area contributed by atoms with E-state index < -0.39 is 21.7 Å².